The molecule has 30 heavy (non-hydrogen) atoms. The summed E-state index contributed by atoms with van der Waals surface area (Å²) in [6, 6.07) is 19.0. The van der Waals surface area contributed by atoms with Gasteiger partial charge in [0.1, 0.15) is 0 Å². The van der Waals surface area contributed by atoms with Gasteiger partial charge < -0.3 is 15.1 Å². The van der Waals surface area contributed by atoms with Gasteiger partial charge in [-0.05, 0) is 50.1 Å². The van der Waals surface area contributed by atoms with Gasteiger partial charge in [-0.2, -0.15) is 0 Å². The Morgan fingerprint density at radius 1 is 0.933 bits per heavy atom. The zero-order valence-electron chi connectivity index (χ0n) is 18.4. The number of hydrogen-bond acceptors (Lipinski definition) is 4. The molecule has 166 valence electrons. The van der Waals surface area contributed by atoms with Crippen LogP contribution >= 0.6 is 24.8 Å². The molecule has 1 N–H and O–H groups in total. The van der Waals surface area contributed by atoms with Crippen molar-refractivity contribution in [3.05, 3.63) is 59.7 Å². The normalized spacial score (nSPS) is 22.2. The Hall–Kier alpha value is -1.46. The SMILES string of the molecule is Cc1cc(N2CCNC[C@H]2C)ccc1N1CCN(Cc2ccccc2)[C@H](C)C1.Cl.Cl. The first-order valence-electron chi connectivity index (χ1n) is 10.7. The summed E-state index contributed by atoms with van der Waals surface area (Å²) in [6.45, 7) is 14.5. The van der Waals surface area contributed by atoms with E-state index in [9.17, 15) is 0 Å². The molecule has 0 bridgehead atoms. The van der Waals surface area contributed by atoms with Crippen molar-refractivity contribution in [2.75, 3.05) is 49.1 Å². The van der Waals surface area contributed by atoms with E-state index in [1.54, 1.807) is 0 Å². The zero-order chi connectivity index (χ0) is 19.5. The van der Waals surface area contributed by atoms with Crippen molar-refractivity contribution in [1.29, 1.82) is 0 Å². The highest BCUT2D eigenvalue weighted by Crippen LogP contribution is 2.29. The Kier molecular flexibility index (Phi) is 9.30. The smallest absolute Gasteiger partial charge is 0.0398 e. The van der Waals surface area contributed by atoms with E-state index >= 15 is 0 Å². The molecule has 2 saturated heterocycles. The minimum absolute atomic E-state index is 0. The number of nitrogens with one attached hydrogen (secondary N) is 1. The lowest BCUT2D eigenvalue weighted by Crippen LogP contribution is -2.51. The van der Waals surface area contributed by atoms with E-state index in [4.69, 9.17) is 0 Å². The highest BCUT2D eigenvalue weighted by Gasteiger charge is 2.25. The molecule has 2 aromatic rings. The third-order valence-electron chi connectivity index (χ3n) is 6.35. The second-order valence-corrected chi connectivity index (χ2v) is 8.47. The molecule has 0 unspecified atom stereocenters. The minimum atomic E-state index is 0. The molecule has 0 spiro atoms. The van der Waals surface area contributed by atoms with Crippen LogP contribution in [0.5, 0.6) is 0 Å². The fourth-order valence-corrected chi connectivity index (χ4v) is 4.66. The Balaban J connectivity index is 0.00000160. The third-order valence-corrected chi connectivity index (χ3v) is 6.35. The molecule has 0 radical (unpaired) electrons. The Labute approximate surface area is 194 Å². The van der Waals surface area contributed by atoms with Crippen LogP contribution < -0.4 is 15.1 Å². The maximum atomic E-state index is 3.48. The van der Waals surface area contributed by atoms with Crippen molar-refractivity contribution in [2.45, 2.75) is 39.4 Å². The second-order valence-electron chi connectivity index (χ2n) is 8.47. The van der Waals surface area contributed by atoms with Crippen LogP contribution in [0.1, 0.15) is 25.0 Å². The van der Waals surface area contributed by atoms with Crippen molar-refractivity contribution < 1.29 is 0 Å². The van der Waals surface area contributed by atoms with Crippen LogP contribution in [-0.2, 0) is 6.54 Å². The van der Waals surface area contributed by atoms with Crippen molar-refractivity contribution in [3.63, 3.8) is 0 Å². The van der Waals surface area contributed by atoms with Crippen molar-refractivity contribution in [2.24, 2.45) is 0 Å². The number of nitrogens with zero attached hydrogens (tertiary/aromatic N) is 3. The van der Waals surface area contributed by atoms with Crippen molar-refractivity contribution in [1.82, 2.24) is 10.2 Å². The average molecular weight is 451 g/mol. The minimum Gasteiger partial charge on any atom is -0.368 e. The highest BCUT2D eigenvalue weighted by atomic mass is 35.5. The summed E-state index contributed by atoms with van der Waals surface area (Å²) in [7, 11) is 0. The standard InChI is InChI=1S/C24H34N4.2ClH/c1-19-15-23(28-12-11-25-16-20(28)2)9-10-24(19)27-14-13-26(21(3)17-27)18-22-7-5-4-6-8-22;;/h4-10,15,20-21,25H,11-14,16-18H2,1-3H3;2*1H/t20-,21-;;/m1../s1. The maximum Gasteiger partial charge on any atom is 0.0398 e. The number of piperazine rings is 2. The summed E-state index contributed by atoms with van der Waals surface area (Å²) in [5.74, 6) is 0. The van der Waals surface area contributed by atoms with Gasteiger partial charge in [-0.15, -0.1) is 24.8 Å². The van der Waals surface area contributed by atoms with E-state index in [0.717, 1.165) is 45.8 Å². The Morgan fingerprint density at radius 2 is 1.70 bits per heavy atom. The summed E-state index contributed by atoms with van der Waals surface area (Å²) >= 11 is 0. The molecule has 4 nitrogen and oxygen atoms in total. The fraction of sp³-hybridized carbons (Fsp3) is 0.500. The number of anilines is 2. The van der Waals surface area contributed by atoms with Crippen LogP contribution in [0.4, 0.5) is 11.4 Å². The monoisotopic (exact) mass is 450 g/mol. The molecule has 2 aromatic carbocycles. The topological polar surface area (TPSA) is 21.8 Å². The summed E-state index contributed by atoms with van der Waals surface area (Å²) in [5.41, 5.74) is 5.57. The molecule has 2 heterocycles. The van der Waals surface area contributed by atoms with E-state index < -0.39 is 0 Å². The quantitative estimate of drug-likeness (QED) is 0.746. The predicted octanol–water partition coefficient (Wildman–Crippen LogP) is 4.35. The maximum absolute atomic E-state index is 3.48. The first-order valence-corrected chi connectivity index (χ1v) is 10.7. The molecule has 2 atom stereocenters. The lowest BCUT2D eigenvalue weighted by Gasteiger charge is -2.42. The molecule has 0 aromatic heterocycles. The largest absolute Gasteiger partial charge is 0.368 e. The first-order chi connectivity index (χ1) is 13.6. The Bertz CT molecular complexity index is 786. The first kappa shape index (κ1) is 24.8. The van der Waals surface area contributed by atoms with Crippen LogP contribution in [-0.4, -0.2) is 56.3 Å². The van der Waals surface area contributed by atoms with Crippen LogP contribution in [0.25, 0.3) is 0 Å². The van der Waals surface area contributed by atoms with Crippen LogP contribution in [0.15, 0.2) is 48.5 Å². The second kappa shape index (κ2) is 11.2. The summed E-state index contributed by atoms with van der Waals surface area (Å²) in [5, 5.41) is 3.48. The molecule has 4 rings (SSSR count). The van der Waals surface area contributed by atoms with E-state index in [0.29, 0.717) is 12.1 Å². The van der Waals surface area contributed by atoms with Crippen LogP contribution in [0.3, 0.4) is 0 Å². The zero-order valence-corrected chi connectivity index (χ0v) is 20.0. The molecule has 0 amide bonds. The van der Waals surface area contributed by atoms with Crippen LogP contribution in [0.2, 0.25) is 0 Å². The summed E-state index contributed by atoms with van der Waals surface area (Å²) in [6.07, 6.45) is 0. The average Bonchev–Trinajstić information content (AvgIpc) is 2.71. The van der Waals surface area contributed by atoms with E-state index in [1.807, 2.05) is 0 Å². The molecule has 6 heteroatoms. The lowest BCUT2D eigenvalue weighted by atomic mass is 10.1. The van der Waals surface area contributed by atoms with Crippen LogP contribution in [0, 0.1) is 6.92 Å². The van der Waals surface area contributed by atoms with E-state index in [2.05, 4.69) is 89.3 Å². The van der Waals surface area contributed by atoms with Crippen molar-refractivity contribution >= 4 is 36.2 Å². The molecule has 2 fully saturated rings. The molecular formula is C24H36Cl2N4. The fourth-order valence-electron chi connectivity index (χ4n) is 4.66. The van der Waals surface area contributed by atoms with Gasteiger partial charge >= 0.3 is 0 Å². The van der Waals surface area contributed by atoms with Gasteiger partial charge in [0.2, 0.25) is 0 Å². The number of aryl methyl sites for hydroxylation is 1. The third kappa shape index (κ3) is 5.61. The number of hydrogen-bond donors (Lipinski definition) is 1. The van der Waals surface area contributed by atoms with Gasteiger partial charge in [-0.3, -0.25) is 4.90 Å². The Morgan fingerprint density at radius 3 is 2.37 bits per heavy atom. The number of rotatable bonds is 4. The van der Waals surface area contributed by atoms with Gasteiger partial charge in [0.05, 0.1) is 0 Å². The number of halogens is 2. The van der Waals surface area contributed by atoms with Gasteiger partial charge in [0, 0.05) is 69.3 Å². The van der Waals surface area contributed by atoms with Gasteiger partial charge in [-0.25, -0.2) is 0 Å². The van der Waals surface area contributed by atoms with Gasteiger partial charge in [0.25, 0.3) is 0 Å². The molecule has 2 aliphatic rings. The van der Waals surface area contributed by atoms with E-state index in [-0.39, 0.29) is 24.8 Å². The summed E-state index contributed by atoms with van der Waals surface area (Å²) < 4.78 is 0. The predicted molar refractivity (Wildman–Crippen MR) is 134 cm³/mol. The van der Waals surface area contributed by atoms with Crippen molar-refractivity contribution in [3.8, 4) is 0 Å². The molecule has 0 saturated carbocycles. The summed E-state index contributed by atoms with van der Waals surface area (Å²) in [4.78, 5) is 7.72. The lowest BCUT2D eigenvalue weighted by molar-refractivity contribution is 0.181. The van der Waals surface area contributed by atoms with E-state index in [1.165, 1.54) is 22.5 Å². The molecule has 2 aliphatic heterocycles. The highest BCUT2D eigenvalue weighted by molar-refractivity contribution is 5.85. The van der Waals surface area contributed by atoms with Gasteiger partial charge in [-0.1, -0.05) is 30.3 Å². The molecule has 0 aliphatic carbocycles. The molecular weight excluding hydrogens is 415 g/mol. The van der Waals surface area contributed by atoms with Gasteiger partial charge in [0.15, 0.2) is 0 Å². The number of benzene rings is 2.